The van der Waals surface area contributed by atoms with Crippen molar-refractivity contribution in [3.05, 3.63) is 65.5 Å². The fourth-order valence-corrected chi connectivity index (χ4v) is 2.52. The summed E-state index contributed by atoms with van der Waals surface area (Å²) in [6, 6.07) is 13.2. The van der Waals surface area contributed by atoms with Gasteiger partial charge in [0.15, 0.2) is 0 Å². The molecule has 0 bridgehead atoms. The van der Waals surface area contributed by atoms with Gasteiger partial charge >= 0.3 is 0 Å². The largest absolute Gasteiger partial charge is 0.478 e. The van der Waals surface area contributed by atoms with E-state index in [1.54, 1.807) is 13.1 Å². The summed E-state index contributed by atoms with van der Waals surface area (Å²) in [5.41, 5.74) is 2.62. The summed E-state index contributed by atoms with van der Waals surface area (Å²) in [4.78, 5) is 16.9. The number of hydrogen-bond acceptors (Lipinski definition) is 5. The fraction of sp³-hybridized carbons (Fsp3) is 0.211. The number of benzene rings is 1. The average Bonchev–Trinajstić information content (AvgIpc) is 3.03. The van der Waals surface area contributed by atoms with Crippen LogP contribution in [-0.2, 0) is 6.54 Å². The van der Waals surface area contributed by atoms with E-state index in [0.717, 1.165) is 11.1 Å². The van der Waals surface area contributed by atoms with Crippen molar-refractivity contribution in [1.82, 2.24) is 15.5 Å². The molecule has 1 N–H and O–H groups in total. The Bertz CT molecular complexity index is 859. The molecule has 0 saturated heterocycles. The van der Waals surface area contributed by atoms with Crippen LogP contribution in [0, 0.1) is 6.92 Å². The third kappa shape index (κ3) is 3.68. The molecule has 25 heavy (non-hydrogen) atoms. The van der Waals surface area contributed by atoms with Gasteiger partial charge in [-0.2, -0.15) is 0 Å². The second-order valence-electron chi connectivity index (χ2n) is 5.41. The van der Waals surface area contributed by atoms with Gasteiger partial charge in [0.25, 0.3) is 5.91 Å². The molecular weight excluding hydrogens is 318 g/mol. The van der Waals surface area contributed by atoms with Crippen molar-refractivity contribution in [3.8, 4) is 17.1 Å². The number of nitrogens with zero attached hydrogens (tertiary/aromatic N) is 2. The summed E-state index contributed by atoms with van der Waals surface area (Å²) < 4.78 is 10.7. The maximum absolute atomic E-state index is 12.7. The first-order valence-corrected chi connectivity index (χ1v) is 8.07. The molecule has 0 saturated carbocycles. The predicted octanol–water partition coefficient (Wildman–Crippen LogP) is 3.37. The molecule has 0 fully saturated rings. The molecule has 1 amide bonds. The zero-order chi connectivity index (χ0) is 17.6. The van der Waals surface area contributed by atoms with Crippen LogP contribution in [0.2, 0.25) is 0 Å². The van der Waals surface area contributed by atoms with E-state index in [4.69, 9.17) is 9.26 Å². The molecule has 3 rings (SSSR count). The number of ether oxygens (including phenoxy) is 1. The number of amides is 1. The summed E-state index contributed by atoms with van der Waals surface area (Å²) in [6.45, 7) is 4.44. The summed E-state index contributed by atoms with van der Waals surface area (Å²) in [5, 5.41) is 6.93. The lowest BCUT2D eigenvalue weighted by atomic mass is 10.1. The van der Waals surface area contributed by atoms with E-state index in [0.29, 0.717) is 36.0 Å². The van der Waals surface area contributed by atoms with E-state index in [9.17, 15) is 4.79 Å². The lowest BCUT2D eigenvalue weighted by molar-refractivity contribution is 0.0949. The van der Waals surface area contributed by atoms with Crippen LogP contribution in [0.1, 0.15) is 28.6 Å². The second kappa shape index (κ2) is 7.61. The van der Waals surface area contributed by atoms with Crippen LogP contribution in [0.4, 0.5) is 0 Å². The van der Waals surface area contributed by atoms with E-state index in [1.165, 1.54) is 0 Å². The number of pyridine rings is 1. The number of aryl methyl sites for hydroxylation is 1. The number of carbonyl (C=O) groups is 1. The number of rotatable bonds is 6. The van der Waals surface area contributed by atoms with E-state index in [2.05, 4.69) is 15.5 Å². The standard InChI is InChI=1S/C19H19N3O3/c1-3-24-19-15(10-7-11-20-19)12-21-18(23)16-13(2)25-22-17(16)14-8-5-4-6-9-14/h4-11H,3,12H2,1-2H3,(H,21,23). The van der Waals surface area contributed by atoms with Crippen molar-refractivity contribution >= 4 is 5.91 Å². The van der Waals surface area contributed by atoms with Crippen LogP contribution in [0.5, 0.6) is 5.88 Å². The second-order valence-corrected chi connectivity index (χ2v) is 5.41. The van der Waals surface area contributed by atoms with Crippen LogP contribution >= 0.6 is 0 Å². The van der Waals surface area contributed by atoms with E-state index in [-0.39, 0.29) is 5.91 Å². The molecule has 0 radical (unpaired) electrons. The van der Waals surface area contributed by atoms with Gasteiger partial charge in [-0.1, -0.05) is 41.6 Å². The first kappa shape index (κ1) is 16.7. The predicted molar refractivity (Wildman–Crippen MR) is 93.3 cm³/mol. The first-order chi connectivity index (χ1) is 12.2. The number of aromatic nitrogens is 2. The van der Waals surface area contributed by atoms with Crippen LogP contribution < -0.4 is 10.1 Å². The third-order valence-electron chi connectivity index (χ3n) is 3.71. The highest BCUT2D eigenvalue weighted by atomic mass is 16.5. The van der Waals surface area contributed by atoms with Crippen molar-refractivity contribution in [1.29, 1.82) is 0 Å². The van der Waals surface area contributed by atoms with Crippen molar-refractivity contribution in [2.24, 2.45) is 0 Å². The van der Waals surface area contributed by atoms with Gasteiger partial charge in [-0.25, -0.2) is 4.98 Å². The number of hydrogen-bond donors (Lipinski definition) is 1. The molecular formula is C19H19N3O3. The summed E-state index contributed by atoms with van der Waals surface area (Å²) in [7, 11) is 0. The van der Waals surface area contributed by atoms with Gasteiger partial charge in [0, 0.05) is 23.9 Å². The van der Waals surface area contributed by atoms with Gasteiger partial charge in [0.05, 0.1) is 6.61 Å². The Morgan fingerprint density at radius 3 is 2.76 bits per heavy atom. The zero-order valence-electron chi connectivity index (χ0n) is 14.2. The van der Waals surface area contributed by atoms with E-state index < -0.39 is 0 Å². The van der Waals surface area contributed by atoms with E-state index in [1.807, 2.05) is 49.4 Å². The number of carbonyl (C=O) groups excluding carboxylic acids is 1. The Labute approximate surface area is 145 Å². The van der Waals surface area contributed by atoms with Gasteiger partial charge in [0.1, 0.15) is 17.0 Å². The summed E-state index contributed by atoms with van der Waals surface area (Å²) in [6.07, 6.45) is 1.66. The molecule has 128 valence electrons. The molecule has 6 heteroatoms. The Hall–Kier alpha value is -3.15. The lowest BCUT2D eigenvalue weighted by Gasteiger charge is -2.10. The Balaban J connectivity index is 1.80. The quantitative estimate of drug-likeness (QED) is 0.746. The molecule has 2 heterocycles. The summed E-state index contributed by atoms with van der Waals surface area (Å²) >= 11 is 0. The van der Waals surface area contributed by atoms with Crippen molar-refractivity contribution in [2.75, 3.05) is 6.61 Å². The minimum absolute atomic E-state index is 0.246. The molecule has 0 atom stereocenters. The molecule has 0 aliphatic carbocycles. The Morgan fingerprint density at radius 1 is 1.20 bits per heavy atom. The highest BCUT2D eigenvalue weighted by Gasteiger charge is 2.21. The zero-order valence-corrected chi connectivity index (χ0v) is 14.2. The topological polar surface area (TPSA) is 77.2 Å². The van der Waals surface area contributed by atoms with Crippen LogP contribution in [0.15, 0.2) is 53.2 Å². The van der Waals surface area contributed by atoms with Gasteiger partial charge in [-0.05, 0) is 19.9 Å². The Kier molecular flexibility index (Phi) is 5.09. The fourth-order valence-electron chi connectivity index (χ4n) is 2.52. The van der Waals surface area contributed by atoms with Gasteiger partial charge in [0.2, 0.25) is 5.88 Å². The van der Waals surface area contributed by atoms with Crippen molar-refractivity contribution in [3.63, 3.8) is 0 Å². The highest BCUT2D eigenvalue weighted by molar-refractivity contribution is 6.00. The number of nitrogens with one attached hydrogen (secondary N) is 1. The molecule has 0 aliphatic heterocycles. The minimum Gasteiger partial charge on any atom is -0.478 e. The minimum atomic E-state index is -0.246. The maximum atomic E-state index is 12.7. The molecule has 3 aromatic rings. The molecule has 0 unspecified atom stereocenters. The summed E-state index contributed by atoms with van der Waals surface area (Å²) in [5.74, 6) is 0.757. The highest BCUT2D eigenvalue weighted by Crippen LogP contribution is 2.25. The first-order valence-electron chi connectivity index (χ1n) is 8.07. The Morgan fingerprint density at radius 2 is 2.00 bits per heavy atom. The normalized spacial score (nSPS) is 10.5. The van der Waals surface area contributed by atoms with Crippen molar-refractivity contribution < 1.29 is 14.1 Å². The van der Waals surface area contributed by atoms with Gasteiger partial charge in [-0.15, -0.1) is 0 Å². The van der Waals surface area contributed by atoms with Crippen LogP contribution in [-0.4, -0.2) is 22.7 Å². The smallest absolute Gasteiger partial charge is 0.257 e. The van der Waals surface area contributed by atoms with E-state index >= 15 is 0 Å². The molecule has 0 aliphatic rings. The van der Waals surface area contributed by atoms with Gasteiger partial charge < -0.3 is 14.6 Å². The lowest BCUT2D eigenvalue weighted by Crippen LogP contribution is -2.24. The maximum Gasteiger partial charge on any atom is 0.257 e. The van der Waals surface area contributed by atoms with Gasteiger partial charge in [-0.3, -0.25) is 4.79 Å². The van der Waals surface area contributed by atoms with Crippen LogP contribution in [0.25, 0.3) is 11.3 Å². The van der Waals surface area contributed by atoms with Crippen molar-refractivity contribution in [2.45, 2.75) is 20.4 Å². The monoisotopic (exact) mass is 337 g/mol. The molecule has 6 nitrogen and oxygen atoms in total. The SMILES string of the molecule is CCOc1ncccc1CNC(=O)c1c(-c2ccccc2)noc1C. The average molecular weight is 337 g/mol. The molecule has 0 spiro atoms. The molecule has 1 aromatic carbocycles. The molecule has 2 aromatic heterocycles. The third-order valence-corrected chi connectivity index (χ3v) is 3.71. The van der Waals surface area contributed by atoms with Crippen LogP contribution in [0.3, 0.4) is 0 Å².